The van der Waals surface area contributed by atoms with Gasteiger partial charge in [0.25, 0.3) is 0 Å². The van der Waals surface area contributed by atoms with E-state index in [9.17, 15) is 0 Å². The Bertz CT molecular complexity index is 239. The van der Waals surface area contributed by atoms with Crippen LogP contribution < -0.4 is 5.32 Å². The minimum absolute atomic E-state index is 0.491. The summed E-state index contributed by atoms with van der Waals surface area (Å²) < 4.78 is 1.98. The van der Waals surface area contributed by atoms with Gasteiger partial charge in [-0.1, -0.05) is 26.7 Å². The van der Waals surface area contributed by atoms with Gasteiger partial charge in [-0.15, -0.1) is 0 Å². The molecule has 1 aromatic rings. The van der Waals surface area contributed by atoms with E-state index >= 15 is 0 Å². The maximum absolute atomic E-state index is 4.20. The molecule has 86 valence electrons. The summed E-state index contributed by atoms with van der Waals surface area (Å²) in [7, 11) is 0. The van der Waals surface area contributed by atoms with Crippen molar-refractivity contribution in [2.45, 2.75) is 46.2 Å². The van der Waals surface area contributed by atoms with Crippen molar-refractivity contribution in [1.82, 2.24) is 15.1 Å². The Balaban J connectivity index is 2.21. The summed E-state index contributed by atoms with van der Waals surface area (Å²) in [5.74, 6) is 0.810. The molecule has 1 rings (SSSR count). The van der Waals surface area contributed by atoms with E-state index in [2.05, 4.69) is 31.2 Å². The fourth-order valence-corrected chi connectivity index (χ4v) is 1.70. The second kappa shape index (κ2) is 6.62. The molecule has 1 aromatic heterocycles. The molecule has 0 saturated carbocycles. The average Bonchev–Trinajstić information content (AvgIpc) is 2.72. The van der Waals surface area contributed by atoms with E-state index in [1.54, 1.807) is 0 Å². The smallest absolute Gasteiger partial charge is 0.0559 e. The van der Waals surface area contributed by atoms with Crippen molar-refractivity contribution in [2.24, 2.45) is 5.92 Å². The highest BCUT2D eigenvalue weighted by Crippen LogP contribution is 2.05. The Morgan fingerprint density at radius 1 is 1.33 bits per heavy atom. The summed E-state index contributed by atoms with van der Waals surface area (Å²) in [6, 6.07) is 2.46. The number of hydrogen-bond acceptors (Lipinski definition) is 2. The van der Waals surface area contributed by atoms with Crippen LogP contribution in [0.1, 0.15) is 33.6 Å². The minimum Gasteiger partial charge on any atom is -0.312 e. The predicted molar refractivity (Wildman–Crippen MR) is 63.8 cm³/mol. The van der Waals surface area contributed by atoms with Crippen LogP contribution in [0, 0.1) is 5.92 Å². The molecule has 1 unspecified atom stereocenters. The monoisotopic (exact) mass is 209 g/mol. The van der Waals surface area contributed by atoms with Gasteiger partial charge in [0.1, 0.15) is 0 Å². The van der Waals surface area contributed by atoms with Gasteiger partial charge in [-0.05, 0) is 25.5 Å². The fourth-order valence-electron chi connectivity index (χ4n) is 1.70. The van der Waals surface area contributed by atoms with Crippen molar-refractivity contribution in [3.05, 3.63) is 18.5 Å². The highest BCUT2D eigenvalue weighted by molar-refractivity contribution is 4.79. The van der Waals surface area contributed by atoms with Gasteiger partial charge in [0, 0.05) is 18.4 Å². The Hall–Kier alpha value is -0.830. The number of aromatic nitrogens is 2. The molecule has 0 aromatic carbocycles. The lowest BCUT2D eigenvalue weighted by Crippen LogP contribution is -2.34. The molecule has 0 aliphatic heterocycles. The Kier molecular flexibility index (Phi) is 5.40. The molecular formula is C12H23N3. The summed E-state index contributed by atoms with van der Waals surface area (Å²) in [5, 5.41) is 7.76. The van der Waals surface area contributed by atoms with Gasteiger partial charge in [-0.25, -0.2) is 0 Å². The molecule has 15 heavy (non-hydrogen) atoms. The summed E-state index contributed by atoms with van der Waals surface area (Å²) in [5.41, 5.74) is 0. The van der Waals surface area contributed by atoms with Crippen molar-refractivity contribution in [3.8, 4) is 0 Å². The quantitative estimate of drug-likeness (QED) is 0.746. The number of nitrogens with zero attached hydrogens (tertiary/aromatic N) is 2. The molecule has 0 fully saturated rings. The van der Waals surface area contributed by atoms with E-state index in [0.29, 0.717) is 6.04 Å². The maximum Gasteiger partial charge on any atom is 0.0559 e. The first-order chi connectivity index (χ1) is 7.26. The van der Waals surface area contributed by atoms with Crippen molar-refractivity contribution >= 4 is 0 Å². The molecule has 0 aliphatic rings. The molecule has 1 atom stereocenters. The zero-order valence-corrected chi connectivity index (χ0v) is 10.1. The van der Waals surface area contributed by atoms with E-state index in [4.69, 9.17) is 0 Å². The lowest BCUT2D eigenvalue weighted by Gasteiger charge is -2.18. The van der Waals surface area contributed by atoms with Gasteiger partial charge >= 0.3 is 0 Å². The van der Waals surface area contributed by atoms with Crippen LogP contribution in [0.25, 0.3) is 0 Å². The molecule has 3 nitrogen and oxygen atoms in total. The number of rotatable bonds is 7. The van der Waals surface area contributed by atoms with E-state index < -0.39 is 0 Å². The molecule has 1 heterocycles. The van der Waals surface area contributed by atoms with Crippen LogP contribution in [-0.2, 0) is 6.54 Å². The molecule has 1 N–H and O–H groups in total. The Morgan fingerprint density at radius 2 is 2.07 bits per heavy atom. The third-order valence-corrected chi connectivity index (χ3v) is 2.93. The molecule has 0 bridgehead atoms. The molecule has 0 aliphatic carbocycles. The van der Waals surface area contributed by atoms with Gasteiger partial charge in [-0.2, -0.15) is 5.10 Å². The van der Waals surface area contributed by atoms with Gasteiger partial charge in [-0.3, -0.25) is 4.68 Å². The van der Waals surface area contributed by atoms with Crippen LogP contribution in [0.2, 0.25) is 0 Å². The van der Waals surface area contributed by atoms with E-state index in [1.807, 2.05) is 23.1 Å². The van der Waals surface area contributed by atoms with Crippen LogP contribution in [-0.4, -0.2) is 22.4 Å². The number of hydrogen-bond donors (Lipinski definition) is 1. The molecule has 0 saturated heterocycles. The van der Waals surface area contributed by atoms with Crippen molar-refractivity contribution in [3.63, 3.8) is 0 Å². The van der Waals surface area contributed by atoms with Gasteiger partial charge < -0.3 is 5.32 Å². The summed E-state index contributed by atoms with van der Waals surface area (Å²) in [6.45, 7) is 8.80. The van der Waals surface area contributed by atoms with E-state index in [0.717, 1.165) is 19.0 Å². The van der Waals surface area contributed by atoms with Crippen molar-refractivity contribution in [1.29, 1.82) is 0 Å². The summed E-state index contributed by atoms with van der Waals surface area (Å²) in [6.07, 6.45) is 6.36. The van der Waals surface area contributed by atoms with Crippen molar-refractivity contribution < 1.29 is 0 Å². The van der Waals surface area contributed by atoms with Crippen LogP contribution in [0.15, 0.2) is 18.5 Å². The molecule has 0 amide bonds. The SMILES string of the molecule is CCC(CC)CNC(C)Cn1cccn1. The second-order valence-electron chi connectivity index (χ2n) is 4.22. The average molecular weight is 209 g/mol. The van der Waals surface area contributed by atoms with Gasteiger partial charge in [0.05, 0.1) is 6.54 Å². The lowest BCUT2D eigenvalue weighted by atomic mass is 10.0. The van der Waals surface area contributed by atoms with Gasteiger partial charge in [0.15, 0.2) is 0 Å². The predicted octanol–water partition coefficient (Wildman–Crippen LogP) is 2.30. The third kappa shape index (κ3) is 4.47. The topological polar surface area (TPSA) is 29.9 Å². The molecule has 3 heteroatoms. The normalized spacial score (nSPS) is 13.3. The third-order valence-electron chi connectivity index (χ3n) is 2.93. The first-order valence-electron chi connectivity index (χ1n) is 5.97. The number of nitrogens with one attached hydrogen (secondary N) is 1. The summed E-state index contributed by atoms with van der Waals surface area (Å²) >= 11 is 0. The lowest BCUT2D eigenvalue weighted by molar-refractivity contribution is 0.386. The zero-order chi connectivity index (χ0) is 11.1. The zero-order valence-electron chi connectivity index (χ0n) is 10.1. The van der Waals surface area contributed by atoms with Crippen molar-refractivity contribution in [2.75, 3.05) is 6.54 Å². The largest absolute Gasteiger partial charge is 0.312 e. The maximum atomic E-state index is 4.20. The van der Waals surface area contributed by atoms with Gasteiger partial charge in [0.2, 0.25) is 0 Å². The van der Waals surface area contributed by atoms with Crippen LogP contribution in [0.5, 0.6) is 0 Å². The first kappa shape index (κ1) is 12.2. The van der Waals surface area contributed by atoms with E-state index in [-0.39, 0.29) is 0 Å². The standard InChI is InChI=1S/C12H23N3/c1-4-12(5-2)9-13-11(3)10-15-8-6-7-14-15/h6-8,11-13H,4-5,9-10H2,1-3H3. The minimum atomic E-state index is 0.491. The molecular weight excluding hydrogens is 186 g/mol. The molecule has 0 radical (unpaired) electrons. The van der Waals surface area contributed by atoms with Crippen LogP contribution >= 0.6 is 0 Å². The summed E-state index contributed by atoms with van der Waals surface area (Å²) in [4.78, 5) is 0. The first-order valence-corrected chi connectivity index (χ1v) is 5.97. The molecule has 0 spiro atoms. The Labute approximate surface area is 92.9 Å². The Morgan fingerprint density at radius 3 is 2.60 bits per heavy atom. The van der Waals surface area contributed by atoms with Crippen LogP contribution in [0.4, 0.5) is 0 Å². The van der Waals surface area contributed by atoms with Crippen LogP contribution in [0.3, 0.4) is 0 Å². The highest BCUT2D eigenvalue weighted by Gasteiger charge is 2.06. The van der Waals surface area contributed by atoms with E-state index in [1.165, 1.54) is 12.8 Å². The highest BCUT2D eigenvalue weighted by atomic mass is 15.3. The fraction of sp³-hybridized carbons (Fsp3) is 0.750. The second-order valence-corrected chi connectivity index (χ2v) is 4.22.